The van der Waals surface area contributed by atoms with E-state index in [1.807, 2.05) is 4.90 Å². The van der Waals surface area contributed by atoms with Crippen LogP contribution in [0.5, 0.6) is 0 Å². The van der Waals surface area contributed by atoms with E-state index in [4.69, 9.17) is 0 Å². The zero-order chi connectivity index (χ0) is 19.4. The van der Waals surface area contributed by atoms with Crippen LogP contribution in [0.1, 0.15) is 35.7 Å². The highest BCUT2D eigenvalue weighted by Gasteiger charge is 2.20. The molecule has 5 nitrogen and oxygen atoms in total. The Balaban J connectivity index is 1.58. The Bertz CT molecular complexity index is 836. The van der Waals surface area contributed by atoms with Crippen molar-refractivity contribution in [3.63, 3.8) is 0 Å². The first-order chi connectivity index (χ1) is 12.9. The van der Waals surface area contributed by atoms with E-state index in [0.717, 1.165) is 25.9 Å². The largest absolute Gasteiger partial charge is 0.339 e. The minimum Gasteiger partial charge on any atom is -0.339 e. The molecule has 0 bridgehead atoms. The Morgan fingerprint density at radius 2 is 1.96 bits per heavy atom. The predicted molar refractivity (Wildman–Crippen MR) is 104 cm³/mol. The number of halogens is 1. The Morgan fingerprint density at radius 3 is 2.59 bits per heavy atom. The molecule has 0 aliphatic carbocycles. The van der Waals surface area contributed by atoms with Gasteiger partial charge in [-0.2, -0.15) is 0 Å². The van der Waals surface area contributed by atoms with Gasteiger partial charge in [-0.05, 0) is 56.5 Å². The van der Waals surface area contributed by atoms with Crippen molar-refractivity contribution in [1.82, 2.24) is 9.88 Å². The van der Waals surface area contributed by atoms with Crippen molar-refractivity contribution in [2.24, 2.45) is 0 Å². The Kier molecular flexibility index (Phi) is 6.11. The van der Waals surface area contributed by atoms with E-state index in [1.54, 1.807) is 44.3 Å². The number of carbonyl (C=O) groups is 2. The van der Waals surface area contributed by atoms with Gasteiger partial charge in [0.1, 0.15) is 5.82 Å². The van der Waals surface area contributed by atoms with Crippen LogP contribution in [-0.2, 0) is 4.79 Å². The molecule has 1 atom stereocenters. The Hall–Kier alpha value is -2.41. The molecule has 1 N–H and O–H groups in total. The van der Waals surface area contributed by atoms with E-state index < -0.39 is 5.25 Å². The molecule has 27 heavy (non-hydrogen) atoms. The molecule has 1 aromatic heterocycles. The lowest BCUT2D eigenvalue weighted by Gasteiger charge is -2.15. The molecular formula is C20H22FN3O2S. The maximum atomic E-state index is 13.6. The lowest BCUT2D eigenvalue weighted by atomic mass is 10.2. The van der Waals surface area contributed by atoms with Gasteiger partial charge in [-0.25, -0.2) is 9.37 Å². The average molecular weight is 387 g/mol. The molecule has 0 spiro atoms. The van der Waals surface area contributed by atoms with Crippen molar-refractivity contribution in [2.45, 2.75) is 37.0 Å². The second-order valence-electron chi connectivity index (χ2n) is 6.60. The van der Waals surface area contributed by atoms with Crippen molar-refractivity contribution >= 4 is 29.3 Å². The summed E-state index contributed by atoms with van der Waals surface area (Å²) in [5.74, 6) is -0.584. The molecule has 1 aromatic carbocycles. The second kappa shape index (κ2) is 8.52. The van der Waals surface area contributed by atoms with Gasteiger partial charge in [0.25, 0.3) is 5.91 Å². The number of likely N-dealkylation sites (tertiary alicyclic amines) is 1. The monoisotopic (exact) mass is 387 g/mol. The highest BCUT2D eigenvalue weighted by atomic mass is 32.2. The fraction of sp³-hybridized carbons (Fsp3) is 0.350. The first-order valence-corrected chi connectivity index (χ1v) is 9.81. The third kappa shape index (κ3) is 4.86. The van der Waals surface area contributed by atoms with Crippen LogP contribution < -0.4 is 5.32 Å². The molecule has 3 rings (SSSR count). The van der Waals surface area contributed by atoms with Crippen LogP contribution in [0.25, 0.3) is 0 Å². The third-order valence-electron chi connectivity index (χ3n) is 4.48. The number of pyridine rings is 1. The summed E-state index contributed by atoms with van der Waals surface area (Å²) in [5.41, 5.74) is 1.52. The Labute approximate surface area is 162 Å². The van der Waals surface area contributed by atoms with E-state index in [9.17, 15) is 14.0 Å². The normalized spacial score (nSPS) is 14.9. The van der Waals surface area contributed by atoms with E-state index in [-0.39, 0.29) is 17.6 Å². The summed E-state index contributed by atoms with van der Waals surface area (Å²) in [6, 6.07) is 8.10. The molecule has 1 saturated heterocycles. The van der Waals surface area contributed by atoms with Gasteiger partial charge in [0.15, 0.2) is 0 Å². The van der Waals surface area contributed by atoms with Crippen LogP contribution in [0, 0.1) is 12.7 Å². The minimum atomic E-state index is -0.415. The maximum absolute atomic E-state index is 13.6. The second-order valence-corrected chi connectivity index (χ2v) is 7.96. The number of amides is 2. The average Bonchev–Trinajstić information content (AvgIpc) is 3.19. The number of rotatable bonds is 5. The number of hydrogen-bond acceptors (Lipinski definition) is 4. The first kappa shape index (κ1) is 19.4. The molecule has 1 aliphatic heterocycles. The number of carbonyl (C=O) groups excluding carboxylic acids is 2. The summed E-state index contributed by atoms with van der Waals surface area (Å²) in [7, 11) is 0. The molecular weight excluding hydrogens is 365 g/mol. The summed E-state index contributed by atoms with van der Waals surface area (Å²) in [4.78, 5) is 30.8. The smallest absolute Gasteiger partial charge is 0.255 e. The van der Waals surface area contributed by atoms with Crippen LogP contribution in [0.4, 0.5) is 10.1 Å². The van der Waals surface area contributed by atoms with Crippen molar-refractivity contribution in [2.75, 3.05) is 18.4 Å². The van der Waals surface area contributed by atoms with Crippen molar-refractivity contribution in [3.05, 3.63) is 53.5 Å². The molecule has 2 aromatic rings. The zero-order valence-electron chi connectivity index (χ0n) is 15.4. The quantitative estimate of drug-likeness (QED) is 0.791. The lowest BCUT2D eigenvalue weighted by Crippen LogP contribution is -2.27. The van der Waals surface area contributed by atoms with E-state index >= 15 is 0 Å². The topological polar surface area (TPSA) is 62.3 Å². The number of benzene rings is 1. The third-order valence-corrected chi connectivity index (χ3v) is 5.53. The van der Waals surface area contributed by atoms with Crippen LogP contribution in [0.3, 0.4) is 0 Å². The van der Waals surface area contributed by atoms with Crippen LogP contribution >= 0.6 is 11.8 Å². The number of aromatic nitrogens is 1. The highest BCUT2D eigenvalue weighted by Crippen LogP contribution is 2.23. The molecule has 2 heterocycles. The van der Waals surface area contributed by atoms with Crippen LogP contribution in [0.2, 0.25) is 0 Å². The summed E-state index contributed by atoms with van der Waals surface area (Å²) >= 11 is 1.29. The number of nitrogens with zero attached hydrogens (tertiary/aromatic N) is 2. The summed E-state index contributed by atoms with van der Waals surface area (Å²) in [6.45, 7) is 5.02. The predicted octanol–water partition coefficient (Wildman–Crippen LogP) is 3.88. The number of nitrogens with one attached hydrogen (secondary N) is 1. The maximum Gasteiger partial charge on any atom is 0.255 e. The van der Waals surface area contributed by atoms with Crippen molar-refractivity contribution in [3.8, 4) is 0 Å². The first-order valence-electron chi connectivity index (χ1n) is 8.93. The molecule has 142 valence electrons. The zero-order valence-corrected chi connectivity index (χ0v) is 16.2. The molecule has 1 aliphatic rings. The molecule has 1 fully saturated rings. The van der Waals surface area contributed by atoms with Gasteiger partial charge in [0.2, 0.25) is 5.91 Å². The van der Waals surface area contributed by atoms with Gasteiger partial charge in [-0.1, -0.05) is 17.8 Å². The fourth-order valence-corrected chi connectivity index (χ4v) is 3.62. The van der Waals surface area contributed by atoms with Gasteiger partial charge in [0.05, 0.1) is 15.8 Å². The van der Waals surface area contributed by atoms with E-state index in [0.29, 0.717) is 21.8 Å². The molecule has 0 radical (unpaired) electrons. The van der Waals surface area contributed by atoms with Gasteiger partial charge in [-0.3, -0.25) is 9.59 Å². The minimum absolute atomic E-state index is 0.00346. The number of hydrogen-bond donors (Lipinski definition) is 1. The number of thioether (sulfide) groups is 1. The highest BCUT2D eigenvalue weighted by molar-refractivity contribution is 8.00. The Morgan fingerprint density at radius 1 is 1.22 bits per heavy atom. The van der Waals surface area contributed by atoms with Crippen molar-refractivity contribution in [1.29, 1.82) is 0 Å². The van der Waals surface area contributed by atoms with E-state index in [2.05, 4.69) is 10.3 Å². The van der Waals surface area contributed by atoms with Gasteiger partial charge < -0.3 is 10.2 Å². The van der Waals surface area contributed by atoms with Gasteiger partial charge in [0, 0.05) is 25.0 Å². The summed E-state index contributed by atoms with van der Waals surface area (Å²) in [5, 5.41) is 2.95. The molecule has 0 saturated carbocycles. The van der Waals surface area contributed by atoms with Gasteiger partial charge in [-0.15, -0.1) is 0 Å². The van der Waals surface area contributed by atoms with E-state index in [1.165, 1.54) is 17.8 Å². The summed E-state index contributed by atoms with van der Waals surface area (Å²) < 4.78 is 13.6. The number of aryl methyl sites for hydroxylation is 1. The van der Waals surface area contributed by atoms with Crippen molar-refractivity contribution < 1.29 is 14.0 Å². The molecule has 7 heteroatoms. The number of anilines is 1. The standard InChI is InChI=1S/C20H22FN3O2S/c1-13-5-7-16(11-17(13)21)23-19(25)14(2)27-18-8-6-15(12-22-18)20(26)24-9-3-4-10-24/h5-8,11-12,14H,3-4,9-10H2,1-2H3,(H,23,25). The van der Waals surface area contributed by atoms with Crippen LogP contribution in [0.15, 0.2) is 41.6 Å². The molecule has 2 amide bonds. The van der Waals surface area contributed by atoms with Crippen LogP contribution in [-0.4, -0.2) is 40.0 Å². The molecule has 1 unspecified atom stereocenters. The lowest BCUT2D eigenvalue weighted by molar-refractivity contribution is -0.115. The van der Waals surface area contributed by atoms with Gasteiger partial charge >= 0.3 is 0 Å². The summed E-state index contributed by atoms with van der Waals surface area (Å²) in [6.07, 6.45) is 3.65. The fourth-order valence-electron chi connectivity index (χ4n) is 2.83. The SMILES string of the molecule is Cc1ccc(NC(=O)C(C)Sc2ccc(C(=O)N3CCCC3)cn2)cc1F.